The average molecular weight is 416 g/mol. The number of carbonyl (C=O) groups excluding carboxylic acids is 1. The van der Waals surface area contributed by atoms with Gasteiger partial charge in [0.1, 0.15) is 0 Å². The Labute approximate surface area is 176 Å². The van der Waals surface area contributed by atoms with Gasteiger partial charge in [-0.3, -0.25) is 4.18 Å². The van der Waals surface area contributed by atoms with Gasteiger partial charge in [0.15, 0.2) is 0 Å². The molecular formula is C15H21NaO8S2. The molecule has 0 spiro atoms. The quantitative estimate of drug-likeness (QED) is 0.188. The van der Waals surface area contributed by atoms with Gasteiger partial charge >= 0.3 is 35.5 Å². The first-order valence-corrected chi connectivity index (χ1v) is 10.6. The van der Waals surface area contributed by atoms with E-state index in [9.17, 15) is 26.2 Å². The first-order valence-electron chi connectivity index (χ1n) is 7.43. The fourth-order valence-corrected chi connectivity index (χ4v) is 3.48. The molecule has 0 amide bonds. The van der Waals surface area contributed by atoms with Gasteiger partial charge in [-0.2, -0.15) is 8.42 Å². The molecule has 8 nitrogen and oxygen atoms in total. The van der Waals surface area contributed by atoms with Crippen molar-refractivity contribution in [2.45, 2.75) is 20.3 Å². The summed E-state index contributed by atoms with van der Waals surface area (Å²) in [6.45, 7) is 3.00. The summed E-state index contributed by atoms with van der Waals surface area (Å²) in [6, 6.07) is 8.34. The summed E-state index contributed by atoms with van der Waals surface area (Å²) in [4.78, 5) is 11.9. The third-order valence-corrected chi connectivity index (χ3v) is 5.08. The predicted octanol–water partition coefficient (Wildman–Crippen LogP) is -1.84. The van der Waals surface area contributed by atoms with E-state index in [2.05, 4.69) is 0 Å². The molecule has 0 aliphatic rings. The summed E-state index contributed by atoms with van der Waals surface area (Å²) < 4.78 is 64.8. The number of hydrogen-bond donors (Lipinski definition) is 0. The van der Waals surface area contributed by atoms with Crippen LogP contribution in [0.1, 0.15) is 30.6 Å². The van der Waals surface area contributed by atoms with Gasteiger partial charge in [-0.1, -0.05) is 32.0 Å². The molecule has 1 aromatic rings. The summed E-state index contributed by atoms with van der Waals surface area (Å²) in [5.41, 5.74) is -0.395. The van der Waals surface area contributed by atoms with Gasteiger partial charge in [-0.15, -0.1) is 0 Å². The van der Waals surface area contributed by atoms with Crippen molar-refractivity contribution >= 4 is 26.2 Å². The number of benzene rings is 1. The van der Waals surface area contributed by atoms with Crippen LogP contribution in [-0.4, -0.2) is 52.1 Å². The molecule has 0 heterocycles. The van der Waals surface area contributed by atoms with Crippen LogP contribution < -0.4 is 29.6 Å². The van der Waals surface area contributed by atoms with E-state index < -0.39 is 43.1 Å². The molecule has 0 saturated heterocycles. The zero-order chi connectivity index (χ0) is 19.1. The second-order valence-corrected chi connectivity index (χ2v) is 9.53. The number of carbonyl (C=O) groups is 1. The van der Waals surface area contributed by atoms with E-state index in [0.717, 1.165) is 0 Å². The van der Waals surface area contributed by atoms with Crippen LogP contribution in [0.4, 0.5) is 0 Å². The largest absolute Gasteiger partial charge is 1.00 e. The zero-order valence-electron chi connectivity index (χ0n) is 15.0. The molecule has 1 rings (SSSR count). The van der Waals surface area contributed by atoms with Crippen LogP contribution in [0.25, 0.3) is 0 Å². The number of rotatable bonds is 10. The van der Waals surface area contributed by atoms with Gasteiger partial charge in [0.2, 0.25) is 0 Å². The molecule has 0 aromatic heterocycles. The Kier molecular flexibility index (Phi) is 10.5. The predicted molar refractivity (Wildman–Crippen MR) is 89.4 cm³/mol. The molecule has 142 valence electrons. The van der Waals surface area contributed by atoms with Crippen LogP contribution >= 0.6 is 0 Å². The van der Waals surface area contributed by atoms with Gasteiger partial charge in [0.25, 0.3) is 10.1 Å². The van der Waals surface area contributed by atoms with Gasteiger partial charge in [0.05, 0.1) is 34.6 Å². The van der Waals surface area contributed by atoms with E-state index >= 15 is 0 Å². The Morgan fingerprint density at radius 1 is 1.04 bits per heavy atom. The summed E-state index contributed by atoms with van der Waals surface area (Å²) in [5.74, 6) is -1.88. The summed E-state index contributed by atoms with van der Waals surface area (Å²) in [7, 11) is -8.43. The molecule has 0 bridgehead atoms. The van der Waals surface area contributed by atoms with Crippen LogP contribution in [0, 0.1) is 5.41 Å². The Balaban J connectivity index is 0.00000625. The first-order chi connectivity index (χ1) is 11.4. The molecule has 0 radical (unpaired) electrons. The van der Waals surface area contributed by atoms with Crippen LogP contribution in [-0.2, 0) is 29.2 Å². The normalized spacial score (nSPS) is 12.3. The van der Waals surface area contributed by atoms with Crippen molar-refractivity contribution in [3.63, 3.8) is 0 Å². The molecule has 26 heavy (non-hydrogen) atoms. The number of hydrogen-bond acceptors (Lipinski definition) is 8. The van der Waals surface area contributed by atoms with E-state index in [4.69, 9.17) is 8.92 Å². The molecule has 0 saturated carbocycles. The second-order valence-electron chi connectivity index (χ2n) is 6.25. The van der Waals surface area contributed by atoms with Gasteiger partial charge in [-0.05, 0) is 18.6 Å². The maximum Gasteiger partial charge on any atom is 1.00 e. The van der Waals surface area contributed by atoms with Crippen molar-refractivity contribution in [1.82, 2.24) is 0 Å². The fraction of sp³-hybridized carbons (Fsp3) is 0.533. The van der Waals surface area contributed by atoms with Crippen LogP contribution in [0.3, 0.4) is 0 Å². The molecule has 0 aliphatic heterocycles. The van der Waals surface area contributed by atoms with E-state index in [1.807, 2.05) is 0 Å². The standard InChI is InChI=1S/C15H22O8S2.Na/c1-15(2,11-22-14(16)13-7-4-3-5-8-13)12-23-25(20,21)10-6-9-24(17,18)19;/h3-5,7-8H,6,9-12H2,1-2H3,(H,17,18,19);/q;+1/p-1. The Morgan fingerprint density at radius 3 is 2.15 bits per heavy atom. The minimum atomic E-state index is -4.46. The van der Waals surface area contributed by atoms with Gasteiger partial charge in [-0.25, -0.2) is 13.2 Å². The monoisotopic (exact) mass is 416 g/mol. The molecular weight excluding hydrogens is 395 g/mol. The molecule has 0 atom stereocenters. The molecule has 1 aromatic carbocycles. The van der Waals surface area contributed by atoms with Gasteiger partial charge < -0.3 is 9.29 Å². The number of esters is 1. The zero-order valence-corrected chi connectivity index (χ0v) is 18.6. The summed E-state index contributed by atoms with van der Waals surface area (Å²) in [5, 5.41) is 0. The SMILES string of the molecule is CC(C)(COC(=O)c1ccccc1)COS(=O)(=O)CCCS(=O)(=O)[O-].[Na+]. The molecule has 11 heteroatoms. The minimum Gasteiger partial charge on any atom is -0.748 e. The van der Waals surface area contributed by atoms with E-state index in [1.165, 1.54) is 0 Å². The minimum absolute atomic E-state index is 0. The van der Waals surface area contributed by atoms with Crippen molar-refractivity contribution in [3.05, 3.63) is 35.9 Å². The van der Waals surface area contributed by atoms with Crippen molar-refractivity contribution in [2.75, 3.05) is 24.7 Å². The third kappa shape index (κ3) is 11.3. The molecule has 0 N–H and O–H groups in total. The third-order valence-electron chi connectivity index (χ3n) is 3.02. The topological polar surface area (TPSA) is 127 Å². The first kappa shape index (κ1) is 25.5. The summed E-state index contributed by atoms with van der Waals surface area (Å²) >= 11 is 0. The average Bonchev–Trinajstić information content (AvgIpc) is 2.50. The Morgan fingerprint density at radius 2 is 1.62 bits per heavy atom. The van der Waals surface area contributed by atoms with Crippen LogP contribution in [0.5, 0.6) is 0 Å². The fourth-order valence-electron chi connectivity index (χ4n) is 1.68. The number of ether oxygens (including phenoxy) is 1. The van der Waals surface area contributed by atoms with Crippen molar-refractivity contribution in [2.24, 2.45) is 5.41 Å². The molecule has 0 aliphatic carbocycles. The van der Waals surface area contributed by atoms with Crippen molar-refractivity contribution < 1.29 is 64.7 Å². The van der Waals surface area contributed by atoms with Crippen molar-refractivity contribution in [3.8, 4) is 0 Å². The van der Waals surface area contributed by atoms with E-state index in [1.54, 1.807) is 44.2 Å². The second kappa shape index (κ2) is 10.7. The van der Waals surface area contributed by atoms with E-state index in [-0.39, 0.29) is 49.2 Å². The Bertz CT molecular complexity index is 773. The smallest absolute Gasteiger partial charge is 0.748 e. The van der Waals surface area contributed by atoms with E-state index in [0.29, 0.717) is 5.56 Å². The molecule has 0 fully saturated rings. The Hall–Kier alpha value is -0.490. The van der Waals surface area contributed by atoms with Crippen LogP contribution in [0.2, 0.25) is 0 Å². The maximum atomic E-state index is 11.9. The van der Waals surface area contributed by atoms with Crippen molar-refractivity contribution in [1.29, 1.82) is 0 Å². The van der Waals surface area contributed by atoms with Crippen LogP contribution in [0.15, 0.2) is 30.3 Å². The van der Waals surface area contributed by atoms with Gasteiger partial charge in [0, 0.05) is 11.2 Å². The molecule has 0 unspecified atom stereocenters. The maximum absolute atomic E-state index is 11.9. The summed E-state index contributed by atoms with van der Waals surface area (Å²) in [6.07, 6.45) is -0.336.